The minimum atomic E-state index is -0.311. The van der Waals surface area contributed by atoms with Crippen molar-refractivity contribution in [3.63, 3.8) is 0 Å². The van der Waals surface area contributed by atoms with Crippen LogP contribution in [0.3, 0.4) is 0 Å². The summed E-state index contributed by atoms with van der Waals surface area (Å²) < 4.78 is 5.00. The number of benzene rings is 1. The summed E-state index contributed by atoms with van der Waals surface area (Å²) >= 11 is 0. The number of hydrogen-bond acceptors (Lipinski definition) is 7. The molecule has 0 amide bonds. The zero-order valence-electron chi connectivity index (χ0n) is 15.5. The summed E-state index contributed by atoms with van der Waals surface area (Å²) in [7, 11) is 2.13. The summed E-state index contributed by atoms with van der Waals surface area (Å²) in [6, 6.07) is 9.10. The fourth-order valence-corrected chi connectivity index (χ4v) is 2.82. The first-order valence-corrected chi connectivity index (χ1v) is 8.88. The van der Waals surface area contributed by atoms with E-state index in [1.807, 2.05) is 25.1 Å². The van der Waals surface area contributed by atoms with Crippen molar-refractivity contribution in [1.29, 1.82) is 0 Å². The maximum absolute atomic E-state index is 11.7. The van der Waals surface area contributed by atoms with Gasteiger partial charge in [-0.05, 0) is 45.2 Å². The molecule has 0 saturated carbocycles. The number of carbonyl (C=O) groups is 1. The molecule has 0 radical (unpaired) electrons. The smallest absolute Gasteiger partial charge is 0.338 e. The molecule has 1 aromatic heterocycles. The van der Waals surface area contributed by atoms with E-state index in [4.69, 9.17) is 4.74 Å². The first kappa shape index (κ1) is 18.1. The molecular weight excluding hydrogens is 330 g/mol. The summed E-state index contributed by atoms with van der Waals surface area (Å²) in [5.74, 6) is 1.19. The van der Waals surface area contributed by atoms with Crippen LogP contribution in [0.25, 0.3) is 0 Å². The van der Waals surface area contributed by atoms with Gasteiger partial charge >= 0.3 is 5.97 Å². The monoisotopic (exact) mass is 355 g/mol. The summed E-state index contributed by atoms with van der Waals surface area (Å²) in [6.45, 7) is 8.00. The number of nitrogens with one attached hydrogen (secondary N) is 1. The molecule has 1 saturated heterocycles. The Hall–Kier alpha value is -2.67. The fraction of sp³-hybridized carbons (Fsp3) is 0.421. The fourth-order valence-electron chi connectivity index (χ4n) is 2.82. The second-order valence-corrected chi connectivity index (χ2v) is 6.41. The molecule has 0 bridgehead atoms. The predicted molar refractivity (Wildman–Crippen MR) is 102 cm³/mol. The highest BCUT2D eigenvalue weighted by molar-refractivity contribution is 5.89. The molecular formula is C19H25N5O2. The van der Waals surface area contributed by atoms with E-state index in [9.17, 15) is 4.79 Å². The molecule has 0 aliphatic carbocycles. The van der Waals surface area contributed by atoms with Crippen LogP contribution in [0.4, 0.5) is 17.5 Å². The molecule has 2 heterocycles. The van der Waals surface area contributed by atoms with Gasteiger partial charge in [-0.2, -0.15) is 4.98 Å². The lowest BCUT2D eigenvalue weighted by Crippen LogP contribution is -2.45. The number of anilines is 3. The zero-order valence-corrected chi connectivity index (χ0v) is 15.5. The number of aromatic nitrogens is 2. The minimum Gasteiger partial charge on any atom is -0.462 e. The molecule has 0 spiro atoms. The van der Waals surface area contributed by atoms with E-state index in [-0.39, 0.29) is 5.97 Å². The Bertz CT molecular complexity index is 755. The third-order valence-corrected chi connectivity index (χ3v) is 4.30. The molecule has 1 aromatic carbocycles. The summed E-state index contributed by atoms with van der Waals surface area (Å²) in [4.78, 5) is 25.5. The topological polar surface area (TPSA) is 70.6 Å². The van der Waals surface area contributed by atoms with Gasteiger partial charge in [0, 0.05) is 43.6 Å². The lowest BCUT2D eigenvalue weighted by Gasteiger charge is -2.32. The quantitative estimate of drug-likeness (QED) is 0.826. The van der Waals surface area contributed by atoms with Crippen LogP contribution >= 0.6 is 0 Å². The summed E-state index contributed by atoms with van der Waals surface area (Å²) in [6.07, 6.45) is 0. The van der Waals surface area contributed by atoms with Gasteiger partial charge in [0.05, 0.1) is 12.2 Å². The molecule has 1 aliphatic rings. The molecule has 7 nitrogen and oxygen atoms in total. The maximum Gasteiger partial charge on any atom is 0.338 e. The number of carbonyl (C=O) groups excluding carboxylic acids is 1. The number of rotatable bonds is 5. The van der Waals surface area contributed by atoms with E-state index in [2.05, 4.69) is 32.1 Å². The van der Waals surface area contributed by atoms with E-state index in [0.29, 0.717) is 12.2 Å². The van der Waals surface area contributed by atoms with Gasteiger partial charge in [-0.25, -0.2) is 9.78 Å². The molecule has 3 rings (SSSR count). The first-order chi connectivity index (χ1) is 12.5. The van der Waals surface area contributed by atoms with Gasteiger partial charge < -0.3 is 19.9 Å². The summed E-state index contributed by atoms with van der Waals surface area (Å²) in [5.41, 5.74) is 2.31. The normalized spacial score (nSPS) is 15.0. The SMILES string of the molecule is CCOC(=O)c1ccc(Nc2cc(C)nc(N3CCN(C)CC3)n2)cc1. The van der Waals surface area contributed by atoms with Crippen LogP contribution in [0, 0.1) is 6.92 Å². The molecule has 26 heavy (non-hydrogen) atoms. The number of nitrogens with zero attached hydrogens (tertiary/aromatic N) is 4. The van der Waals surface area contributed by atoms with Gasteiger partial charge in [0.25, 0.3) is 0 Å². The number of esters is 1. The highest BCUT2D eigenvalue weighted by atomic mass is 16.5. The Morgan fingerprint density at radius 1 is 1.15 bits per heavy atom. The van der Waals surface area contributed by atoms with Crippen molar-refractivity contribution in [3.05, 3.63) is 41.6 Å². The van der Waals surface area contributed by atoms with Crippen LogP contribution in [0.5, 0.6) is 0 Å². The Morgan fingerprint density at radius 3 is 2.50 bits per heavy atom. The van der Waals surface area contributed by atoms with Crippen LogP contribution in [-0.4, -0.2) is 60.7 Å². The van der Waals surface area contributed by atoms with Crippen molar-refractivity contribution in [2.45, 2.75) is 13.8 Å². The van der Waals surface area contributed by atoms with Gasteiger partial charge in [-0.3, -0.25) is 0 Å². The second kappa shape index (κ2) is 8.14. The van der Waals surface area contributed by atoms with Crippen LogP contribution in [-0.2, 0) is 4.74 Å². The Kier molecular flexibility index (Phi) is 5.68. The molecule has 0 unspecified atom stereocenters. The van der Waals surface area contributed by atoms with Crippen molar-refractivity contribution in [2.75, 3.05) is 50.1 Å². The third kappa shape index (κ3) is 4.49. The number of piperazine rings is 1. The van der Waals surface area contributed by atoms with Crippen LogP contribution in [0.1, 0.15) is 23.0 Å². The average molecular weight is 355 g/mol. The summed E-state index contributed by atoms with van der Waals surface area (Å²) in [5, 5.41) is 3.29. The van der Waals surface area contributed by atoms with Crippen molar-refractivity contribution in [2.24, 2.45) is 0 Å². The molecule has 0 atom stereocenters. The number of hydrogen-bond donors (Lipinski definition) is 1. The van der Waals surface area contributed by atoms with Crippen molar-refractivity contribution in [3.8, 4) is 0 Å². The number of likely N-dealkylation sites (N-methyl/N-ethyl adjacent to an activating group) is 1. The van der Waals surface area contributed by atoms with Crippen LogP contribution in [0.15, 0.2) is 30.3 Å². The largest absolute Gasteiger partial charge is 0.462 e. The van der Waals surface area contributed by atoms with Gasteiger partial charge in [0.15, 0.2) is 0 Å². The average Bonchev–Trinajstić information content (AvgIpc) is 2.62. The lowest BCUT2D eigenvalue weighted by molar-refractivity contribution is 0.0526. The van der Waals surface area contributed by atoms with Gasteiger partial charge in [0.2, 0.25) is 5.95 Å². The van der Waals surface area contributed by atoms with Crippen molar-refractivity contribution in [1.82, 2.24) is 14.9 Å². The van der Waals surface area contributed by atoms with E-state index >= 15 is 0 Å². The standard InChI is InChI=1S/C19H25N5O2/c1-4-26-18(25)15-5-7-16(8-6-15)21-17-13-14(2)20-19(22-17)24-11-9-23(3)10-12-24/h5-8,13H,4,9-12H2,1-3H3,(H,20,21,22). The van der Waals surface area contributed by atoms with E-state index in [1.54, 1.807) is 19.1 Å². The van der Waals surface area contributed by atoms with Crippen LogP contribution in [0.2, 0.25) is 0 Å². The molecule has 1 aliphatic heterocycles. The predicted octanol–water partition coefficient (Wildman–Crippen LogP) is 2.46. The minimum absolute atomic E-state index is 0.311. The molecule has 2 aromatic rings. The molecule has 7 heteroatoms. The second-order valence-electron chi connectivity index (χ2n) is 6.41. The number of aryl methyl sites for hydroxylation is 1. The highest BCUT2D eigenvalue weighted by Crippen LogP contribution is 2.20. The van der Waals surface area contributed by atoms with Crippen molar-refractivity contribution < 1.29 is 9.53 Å². The van der Waals surface area contributed by atoms with E-state index in [0.717, 1.165) is 49.3 Å². The Balaban J connectivity index is 1.72. The van der Waals surface area contributed by atoms with Crippen molar-refractivity contribution >= 4 is 23.4 Å². The van der Waals surface area contributed by atoms with E-state index < -0.39 is 0 Å². The van der Waals surface area contributed by atoms with E-state index in [1.165, 1.54) is 0 Å². The molecule has 138 valence electrons. The van der Waals surface area contributed by atoms with Gasteiger partial charge in [-0.15, -0.1) is 0 Å². The maximum atomic E-state index is 11.7. The number of ether oxygens (including phenoxy) is 1. The highest BCUT2D eigenvalue weighted by Gasteiger charge is 2.17. The Morgan fingerprint density at radius 2 is 1.85 bits per heavy atom. The molecule has 1 fully saturated rings. The molecule has 1 N–H and O–H groups in total. The third-order valence-electron chi connectivity index (χ3n) is 4.30. The van der Waals surface area contributed by atoms with Gasteiger partial charge in [-0.1, -0.05) is 0 Å². The van der Waals surface area contributed by atoms with Gasteiger partial charge in [0.1, 0.15) is 5.82 Å². The Labute approximate surface area is 154 Å². The zero-order chi connectivity index (χ0) is 18.5. The first-order valence-electron chi connectivity index (χ1n) is 8.88. The lowest BCUT2D eigenvalue weighted by atomic mass is 10.2. The van der Waals surface area contributed by atoms with Crippen LogP contribution < -0.4 is 10.2 Å².